The van der Waals surface area contributed by atoms with Crippen LogP contribution in [-0.2, 0) is 59.0 Å². The summed E-state index contributed by atoms with van der Waals surface area (Å²) in [6.45, 7) is 19.9. The molecule has 1 aromatic rings. The van der Waals surface area contributed by atoms with Gasteiger partial charge in [-0.25, -0.2) is 4.79 Å². The number of benzene rings is 1. The van der Waals surface area contributed by atoms with Gasteiger partial charge in [-0.05, 0) is 86.8 Å². The maximum absolute atomic E-state index is 14.9. The summed E-state index contributed by atoms with van der Waals surface area (Å²) in [6, 6.07) is -1.49. The number of aliphatic hydroxyl groups is 1. The van der Waals surface area contributed by atoms with Crippen LogP contribution >= 0.6 is 0 Å². The third-order valence-corrected chi connectivity index (χ3v) is 14.8. The number of hydrogen-bond donors (Lipinski definition) is 4. The number of hydrogen-bond acceptors (Lipinski definition) is 13. The van der Waals surface area contributed by atoms with Crippen LogP contribution in [0.4, 0.5) is 0 Å². The summed E-state index contributed by atoms with van der Waals surface area (Å²) >= 11 is 0. The summed E-state index contributed by atoms with van der Waals surface area (Å²) < 4.78 is 17.3. The van der Waals surface area contributed by atoms with E-state index >= 15 is 0 Å². The van der Waals surface area contributed by atoms with Crippen LogP contribution in [0, 0.1) is 29.6 Å². The second-order valence-corrected chi connectivity index (χ2v) is 22.3. The van der Waals surface area contributed by atoms with E-state index in [2.05, 4.69) is 16.0 Å². The minimum Gasteiger partial charge on any atom is -0.497 e. The monoisotopic (exact) mass is 1050 g/mol. The molecule has 11 atom stereocenters. The van der Waals surface area contributed by atoms with Crippen LogP contribution in [0.15, 0.2) is 24.3 Å². The van der Waals surface area contributed by atoms with Crippen LogP contribution in [0.2, 0.25) is 0 Å². The molecule has 4 N–H and O–H groups in total. The Bertz CT molecular complexity index is 2170. The summed E-state index contributed by atoms with van der Waals surface area (Å²) in [7, 11) is 4.42. The minimum absolute atomic E-state index is 0.0819. The Kier molecular flexibility index (Phi) is 22.9. The zero-order valence-electron chi connectivity index (χ0n) is 46.9. The number of likely N-dealkylation sites (tertiary alicyclic amines) is 1. The van der Waals surface area contributed by atoms with Crippen molar-refractivity contribution in [2.45, 2.75) is 195 Å². The molecule has 3 saturated heterocycles. The molecule has 7 amide bonds. The molecule has 3 aliphatic rings. The van der Waals surface area contributed by atoms with Gasteiger partial charge < -0.3 is 54.9 Å². The van der Waals surface area contributed by atoms with E-state index in [0.29, 0.717) is 43.5 Å². The number of methoxy groups -OCH3 is 1. The first-order valence-corrected chi connectivity index (χ1v) is 27.0. The van der Waals surface area contributed by atoms with E-state index < -0.39 is 126 Å². The van der Waals surface area contributed by atoms with Gasteiger partial charge in [0.1, 0.15) is 48.1 Å². The summed E-state index contributed by atoms with van der Waals surface area (Å²) in [4.78, 5) is 135. The average molecular weight is 1050 g/mol. The van der Waals surface area contributed by atoms with Crippen molar-refractivity contribution in [1.82, 2.24) is 35.6 Å². The molecule has 0 bridgehead atoms. The molecule has 3 fully saturated rings. The quantitative estimate of drug-likeness (QED) is 0.184. The number of nitrogens with zero attached hydrogens (tertiary/aromatic N) is 4. The molecule has 3 heterocycles. The number of esters is 2. The highest BCUT2D eigenvalue weighted by Crippen LogP contribution is 2.27. The van der Waals surface area contributed by atoms with Crippen LogP contribution in [0.25, 0.3) is 0 Å². The number of carbonyl (C=O) groups is 9. The molecule has 0 spiro atoms. The molecule has 75 heavy (non-hydrogen) atoms. The number of carbonyl (C=O) groups excluding carboxylic acids is 9. The normalized spacial score (nSPS) is 26.8. The van der Waals surface area contributed by atoms with E-state index in [1.165, 1.54) is 42.8 Å². The van der Waals surface area contributed by atoms with E-state index in [9.17, 15) is 48.3 Å². The SMILES string of the molecule is CC[C@H](C)[C@H]1NC(=O)[C@@H](NC(=O)[C@@H](CC(C)C)N(C)C(=O)[C@@H]2CCCN2C(=O)C(C)C)[C@@H](C)OC(=O)[C@H](Cc2ccc(OC)cc2)N(C)C(=O)[C@@H]2CCCN2C(=O)[C@H](CC(C)C)NC(=O)[C@H](C(C)C)OC(=O)C[C@@H]1O. The third-order valence-electron chi connectivity index (χ3n) is 14.8. The van der Waals surface area contributed by atoms with Crippen LogP contribution in [0.3, 0.4) is 0 Å². The van der Waals surface area contributed by atoms with Crippen LogP contribution in [0.1, 0.15) is 133 Å². The zero-order valence-corrected chi connectivity index (χ0v) is 46.9. The third kappa shape index (κ3) is 16.1. The van der Waals surface area contributed by atoms with Crippen molar-refractivity contribution < 1.29 is 62.5 Å². The summed E-state index contributed by atoms with van der Waals surface area (Å²) in [6.07, 6.45) is -2.79. The topological polar surface area (TPSA) is 251 Å². The molecule has 0 aliphatic carbocycles. The predicted octanol–water partition coefficient (Wildman–Crippen LogP) is 3.39. The highest BCUT2D eigenvalue weighted by atomic mass is 16.6. The number of aliphatic hydroxyl groups excluding tert-OH is 1. The van der Waals surface area contributed by atoms with Gasteiger partial charge in [-0.3, -0.25) is 38.4 Å². The van der Waals surface area contributed by atoms with E-state index in [4.69, 9.17) is 14.2 Å². The minimum atomic E-state index is -1.69. The van der Waals surface area contributed by atoms with E-state index in [1.807, 2.05) is 34.6 Å². The molecule has 1 aromatic carbocycles. The van der Waals surface area contributed by atoms with Crippen molar-refractivity contribution in [3.05, 3.63) is 29.8 Å². The number of rotatable bonds is 15. The molecule has 0 radical (unpaired) electrons. The molecular weight excluding hydrogens is 967 g/mol. The summed E-state index contributed by atoms with van der Waals surface area (Å²) in [5, 5.41) is 20.2. The molecule has 3 aliphatic heterocycles. The van der Waals surface area contributed by atoms with Crippen LogP contribution in [0.5, 0.6) is 5.75 Å². The molecule has 20 heteroatoms. The maximum atomic E-state index is 14.9. The van der Waals surface area contributed by atoms with Crippen LogP contribution in [-0.4, -0.2) is 173 Å². The lowest BCUT2D eigenvalue weighted by Crippen LogP contribution is -2.62. The lowest BCUT2D eigenvalue weighted by molar-refractivity contribution is -0.162. The molecule has 0 saturated carbocycles. The van der Waals surface area contributed by atoms with E-state index in [-0.39, 0.29) is 55.9 Å². The second-order valence-electron chi connectivity index (χ2n) is 22.3. The summed E-state index contributed by atoms with van der Waals surface area (Å²) in [5.41, 5.74) is 0.610. The fourth-order valence-corrected chi connectivity index (χ4v) is 10.2. The van der Waals surface area contributed by atoms with E-state index in [0.717, 1.165) is 0 Å². The molecule has 4 rings (SSSR count). The fraction of sp³-hybridized carbons (Fsp3) is 0.727. The number of amides is 7. The van der Waals surface area contributed by atoms with Crippen molar-refractivity contribution in [3.63, 3.8) is 0 Å². The fourth-order valence-electron chi connectivity index (χ4n) is 10.2. The van der Waals surface area contributed by atoms with Gasteiger partial charge in [-0.15, -0.1) is 0 Å². The van der Waals surface area contributed by atoms with Gasteiger partial charge in [0.25, 0.3) is 5.91 Å². The van der Waals surface area contributed by atoms with Crippen molar-refractivity contribution in [2.75, 3.05) is 34.3 Å². The number of likely N-dealkylation sites (N-methyl/N-ethyl adjacent to an activating group) is 2. The largest absolute Gasteiger partial charge is 0.497 e. The standard InChI is InChI=1S/C55H87N7O13/c1-15-34(10)45-43(63)29-44(64)75-47(32(6)7)50(67)56-38(26-30(2)3)52(69)62-25-17-19-40(62)54(71)60(13)42(28-36-20-22-37(73-14)23-21-36)55(72)74-35(11)46(49(66)57-45)58-48(65)41(27-31(4)5)59(12)53(70)39-18-16-24-61(39)51(68)33(8)9/h20-23,30-35,38-43,45-47,63H,15-19,24-29H2,1-14H3,(H,56,67)(H,57,66)(H,58,65)/t34-,35+,38-,39-,40-,41+,42-,43-,45+,46-,47-/m0/s1. The molecular formula is C55H87N7O13. The lowest BCUT2D eigenvalue weighted by Gasteiger charge is -2.36. The Morgan fingerprint density at radius 3 is 2.08 bits per heavy atom. The molecule has 420 valence electrons. The van der Waals surface area contributed by atoms with Crippen molar-refractivity contribution in [2.24, 2.45) is 29.6 Å². The number of cyclic esters (lactones) is 2. The highest BCUT2D eigenvalue weighted by Gasteiger charge is 2.45. The van der Waals surface area contributed by atoms with Gasteiger partial charge >= 0.3 is 11.9 Å². The molecule has 0 unspecified atom stereocenters. The highest BCUT2D eigenvalue weighted by molar-refractivity contribution is 5.97. The number of nitrogens with one attached hydrogen (secondary N) is 3. The number of fused-ring (bicyclic) bond motifs is 1. The first kappa shape index (κ1) is 61.8. The van der Waals surface area contributed by atoms with Gasteiger partial charge in [0.2, 0.25) is 35.4 Å². The first-order valence-electron chi connectivity index (χ1n) is 27.0. The van der Waals surface area contributed by atoms with Gasteiger partial charge in [-0.1, -0.05) is 87.8 Å². The molecule has 0 aromatic heterocycles. The Labute approximate surface area is 444 Å². The smallest absolute Gasteiger partial charge is 0.329 e. The van der Waals surface area contributed by atoms with E-state index in [1.54, 1.807) is 63.8 Å². The van der Waals surface area contributed by atoms with Crippen molar-refractivity contribution in [3.8, 4) is 5.75 Å². The van der Waals surface area contributed by atoms with Crippen LogP contribution < -0.4 is 20.7 Å². The maximum Gasteiger partial charge on any atom is 0.329 e. The average Bonchev–Trinajstić information content (AvgIpc) is 4.06. The van der Waals surface area contributed by atoms with Crippen molar-refractivity contribution in [1.29, 1.82) is 0 Å². The predicted molar refractivity (Wildman–Crippen MR) is 279 cm³/mol. The van der Waals surface area contributed by atoms with Gasteiger partial charge in [0, 0.05) is 39.5 Å². The Balaban J connectivity index is 1.87. The van der Waals surface area contributed by atoms with Gasteiger partial charge in [0.15, 0.2) is 6.10 Å². The van der Waals surface area contributed by atoms with Gasteiger partial charge in [-0.2, -0.15) is 0 Å². The van der Waals surface area contributed by atoms with Crippen molar-refractivity contribution >= 4 is 53.3 Å². The summed E-state index contributed by atoms with van der Waals surface area (Å²) in [5.74, 6) is -7.19. The zero-order chi connectivity index (χ0) is 56.2. The molecule has 20 nitrogen and oxygen atoms in total. The lowest BCUT2D eigenvalue weighted by atomic mass is 9.92. The second kappa shape index (κ2) is 27.8. The Morgan fingerprint density at radius 1 is 0.867 bits per heavy atom. The van der Waals surface area contributed by atoms with Gasteiger partial charge in [0.05, 0.1) is 25.7 Å². The Morgan fingerprint density at radius 2 is 1.51 bits per heavy atom. The Hall–Kier alpha value is -5.79. The first-order chi connectivity index (χ1) is 35.2. The number of ether oxygens (including phenoxy) is 3.